The van der Waals surface area contributed by atoms with Crippen molar-refractivity contribution in [1.29, 1.82) is 0 Å². The Bertz CT molecular complexity index is 297. The van der Waals surface area contributed by atoms with Crippen LogP contribution in [0.3, 0.4) is 0 Å². The maximum Gasteiger partial charge on any atom is 0.241 e. The second-order valence-electron chi connectivity index (χ2n) is 3.29. The highest BCUT2D eigenvalue weighted by Crippen LogP contribution is 2.08. The summed E-state index contributed by atoms with van der Waals surface area (Å²) in [5.41, 5.74) is 0. The molecule has 1 aliphatic rings. The minimum absolute atomic E-state index is 0.0528. The summed E-state index contributed by atoms with van der Waals surface area (Å²) in [4.78, 5) is 12.7. The van der Waals surface area contributed by atoms with Gasteiger partial charge in [0.15, 0.2) is 15.1 Å². The number of rotatable bonds is 1. The van der Waals surface area contributed by atoms with Gasteiger partial charge in [-0.3, -0.25) is 4.79 Å². The van der Waals surface area contributed by atoms with Crippen molar-refractivity contribution in [3.63, 3.8) is 0 Å². The zero-order chi connectivity index (χ0) is 10.1. The van der Waals surface area contributed by atoms with Crippen LogP contribution < -0.4 is 5.32 Å². The van der Waals surface area contributed by atoms with Crippen molar-refractivity contribution in [3.05, 3.63) is 0 Å². The number of sulfone groups is 1. The first-order valence-corrected chi connectivity index (χ1v) is 5.80. The first kappa shape index (κ1) is 10.5. The van der Waals surface area contributed by atoms with E-state index in [1.54, 1.807) is 14.1 Å². The Labute approximate surface area is 78.0 Å². The van der Waals surface area contributed by atoms with Crippen molar-refractivity contribution < 1.29 is 13.2 Å². The Hall–Kier alpha value is -0.620. The third kappa shape index (κ3) is 2.19. The van der Waals surface area contributed by atoms with E-state index < -0.39 is 15.1 Å². The van der Waals surface area contributed by atoms with Gasteiger partial charge in [-0.15, -0.1) is 0 Å². The summed E-state index contributed by atoms with van der Waals surface area (Å²) in [6.07, 6.45) is 0. The van der Waals surface area contributed by atoms with Gasteiger partial charge >= 0.3 is 0 Å². The zero-order valence-electron chi connectivity index (χ0n) is 7.78. The normalized spacial score (nSPS) is 26.8. The van der Waals surface area contributed by atoms with Crippen LogP contribution in [0, 0.1) is 0 Å². The Morgan fingerprint density at radius 2 is 2.08 bits per heavy atom. The van der Waals surface area contributed by atoms with Gasteiger partial charge in [-0.25, -0.2) is 8.42 Å². The van der Waals surface area contributed by atoms with Crippen LogP contribution in [0.25, 0.3) is 0 Å². The van der Waals surface area contributed by atoms with Crippen molar-refractivity contribution in [2.24, 2.45) is 0 Å². The quantitative estimate of drug-likeness (QED) is 0.565. The average molecular weight is 206 g/mol. The summed E-state index contributed by atoms with van der Waals surface area (Å²) >= 11 is 0. The fourth-order valence-corrected chi connectivity index (χ4v) is 2.85. The molecular formula is C7H14N2O3S. The SMILES string of the molecule is CN(C)C(=O)C1CNCCS1(=O)=O. The number of hydrogen-bond donors (Lipinski definition) is 1. The lowest BCUT2D eigenvalue weighted by Gasteiger charge is -2.24. The summed E-state index contributed by atoms with van der Waals surface area (Å²) < 4.78 is 22.9. The molecule has 1 rings (SSSR count). The van der Waals surface area contributed by atoms with Gasteiger partial charge in [-0.2, -0.15) is 0 Å². The summed E-state index contributed by atoms with van der Waals surface area (Å²) in [5.74, 6) is -0.288. The first-order valence-electron chi connectivity index (χ1n) is 4.08. The predicted octanol–water partition coefficient (Wildman–Crippen LogP) is -1.54. The molecule has 5 nitrogen and oxygen atoms in total. The highest BCUT2D eigenvalue weighted by Gasteiger charge is 2.35. The Morgan fingerprint density at radius 1 is 1.46 bits per heavy atom. The standard InChI is InChI=1S/C7H14N2O3S/c1-9(2)7(10)6-5-8-3-4-13(6,11)12/h6,8H,3-5H2,1-2H3. The second kappa shape index (κ2) is 3.63. The topological polar surface area (TPSA) is 66.5 Å². The third-order valence-electron chi connectivity index (χ3n) is 2.04. The van der Waals surface area contributed by atoms with Gasteiger partial charge < -0.3 is 10.2 Å². The molecule has 76 valence electrons. The molecule has 0 aromatic heterocycles. The van der Waals surface area contributed by atoms with E-state index in [-0.39, 0.29) is 18.2 Å². The van der Waals surface area contributed by atoms with Gasteiger partial charge in [-0.1, -0.05) is 0 Å². The summed E-state index contributed by atoms with van der Waals surface area (Å²) in [7, 11) is -0.0976. The zero-order valence-corrected chi connectivity index (χ0v) is 8.60. The number of hydrogen-bond acceptors (Lipinski definition) is 4. The van der Waals surface area contributed by atoms with Gasteiger partial charge in [-0.05, 0) is 0 Å². The van der Waals surface area contributed by atoms with Crippen LogP contribution in [0.1, 0.15) is 0 Å². The smallest absolute Gasteiger partial charge is 0.241 e. The number of carbonyl (C=O) groups excluding carboxylic acids is 1. The largest absolute Gasteiger partial charge is 0.348 e. The van der Waals surface area contributed by atoms with Gasteiger partial charge in [0.2, 0.25) is 5.91 Å². The summed E-state index contributed by atoms with van der Waals surface area (Å²) in [5, 5.41) is 2.01. The Morgan fingerprint density at radius 3 is 2.54 bits per heavy atom. The minimum atomic E-state index is -3.22. The molecule has 0 aromatic carbocycles. The maximum absolute atomic E-state index is 11.4. The summed E-state index contributed by atoms with van der Waals surface area (Å²) in [6, 6.07) is 0. The Balaban J connectivity index is 2.84. The Kier molecular flexibility index (Phi) is 2.92. The van der Waals surface area contributed by atoms with Crippen LogP contribution in [0.4, 0.5) is 0 Å². The maximum atomic E-state index is 11.4. The van der Waals surface area contributed by atoms with Gasteiger partial charge in [0.05, 0.1) is 5.75 Å². The van der Waals surface area contributed by atoms with E-state index in [4.69, 9.17) is 0 Å². The monoisotopic (exact) mass is 206 g/mol. The first-order chi connectivity index (χ1) is 5.95. The van der Waals surface area contributed by atoms with E-state index in [1.807, 2.05) is 0 Å². The molecule has 1 N–H and O–H groups in total. The molecule has 0 saturated carbocycles. The molecule has 0 radical (unpaired) electrons. The fraction of sp³-hybridized carbons (Fsp3) is 0.857. The van der Waals surface area contributed by atoms with E-state index in [0.29, 0.717) is 6.54 Å². The van der Waals surface area contributed by atoms with Crippen molar-refractivity contribution in [2.75, 3.05) is 32.9 Å². The molecule has 0 spiro atoms. The van der Waals surface area contributed by atoms with Crippen molar-refractivity contribution in [2.45, 2.75) is 5.25 Å². The van der Waals surface area contributed by atoms with Crippen LogP contribution in [-0.4, -0.2) is 57.4 Å². The molecule has 0 aliphatic carbocycles. The third-order valence-corrected chi connectivity index (χ3v) is 4.05. The number of nitrogens with zero attached hydrogens (tertiary/aromatic N) is 1. The van der Waals surface area contributed by atoms with Gasteiger partial charge in [0.25, 0.3) is 0 Å². The number of carbonyl (C=O) groups is 1. The van der Waals surface area contributed by atoms with Crippen molar-refractivity contribution in [3.8, 4) is 0 Å². The lowest BCUT2D eigenvalue weighted by Crippen LogP contribution is -2.51. The predicted molar refractivity (Wildman–Crippen MR) is 49.1 cm³/mol. The molecular weight excluding hydrogens is 192 g/mol. The van der Waals surface area contributed by atoms with E-state index >= 15 is 0 Å². The molecule has 0 aromatic rings. The molecule has 1 atom stereocenters. The van der Waals surface area contributed by atoms with Crippen molar-refractivity contribution >= 4 is 15.7 Å². The number of amides is 1. The molecule has 1 heterocycles. The fourth-order valence-electron chi connectivity index (χ4n) is 1.25. The number of nitrogens with one attached hydrogen (secondary N) is 1. The molecule has 1 amide bonds. The van der Waals surface area contributed by atoms with E-state index in [9.17, 15) is 13.2 Å². The van der Waals surface area contributed by atoms with Crippen LogP contribution >= 0.6 is 0 Å². The average Bonchev–Trinajstić information content (AvgIpc) is 2.02. The highest BCUT2D eigenvalue weighted by molar-refractivity contribution is 7.92. The molecule has 1 saturated heterocycles. The minimum Gasteiger partial charge on any atom is -0.348 e. The highest BCUT2D eigenvalue weighted by atomic mass is 32.2. The molecule has 1 unspecified atom stereocenters. The van der Waals surface area contributed by atoms with Crippen LogP contribution in [-0.2, 0) is 14.6 Å². The van der Waals surface area contributed by atoms with Crippen LogP contribution in [0.15, 0.2) is 0 Å². The molecule has 1 aliphatic heterocycles. The van der Waals surface area contributed by atoms with Gasteiger partial charge in [0.1, 0.15) is 0 Å². The summed E-state index contributed by atoms with van der Waals surface area (Å²) in [6.45, 7) is 0.679. The van der Waals surface area contributed by atoms with Crippen LogP contribution in [0.5, 0.6) is 0 Å². The van der Waals surface area contributed by atoms with E-state index in [0.717, 1.165) is 0 Å². The second-order valence-corrected chi connectivity index (χ2v) is 5.60. The van der Waals surface area contributed by atoms with Crippen LogP contribution in [0.2, 0.25) is 0 Å². The molecule has 13 heavy (non-hydrogen) atoms. The van der Waals surface area contributed by atoms with E-state index in [1.165, 1.54) is 4.90 Å². The molecule has 0 bridgehead atoms. The van der Waals surface area contributed by atoms with E-state index in [2.05, 4.69) is 5.32 Å². The molecule has 1 fully saturated rings. The molecule has 6 heteroatoms. The van der Waals surface area contributed by atoms with Gasteiger partial charge in [0, 0.05) is 27.2 Å². The lowest BCUT2D eigenvalue weighted by molar-refractivity contribution is -0.128. The lowest BCUT2D eigenvalue weighted by atomic mass is 10.3. The van der Waals surface area contributed by atoms with Crippen molar-refractivity contribution in [1.82, 2.24) is 10.2 Å².